The third-order valence-electron chi connectivity index (χ3n) is 3.12. The first-order valence-electron chi connectivity index (χ1n) is 6.69. The molecule has 1 aliphatic carbocycles. The highest BCUT2D eigenvalue weighted by molar-refractivity contribution is 7.18. The molecule has 0 aromatic carbocycles. The molecule has 0 atom stereocenters. The van der Waals surface area contributed by atoms with Gasteiger partial charge in [-0.2, -0.15) is 4.98 Å². The van der Waals surface area contributed by atoms with Gasteiger partial charge in [-0.25, -0.2) is 4.98 Å². The fourth-order valence-corrected chi connectivity index (χ4v) is 2.90. The number of aromatic nitrogens is 2. The smallest absolute Gasteiger partial charge is 0.223 e. The number of nitrogens with two attached hydrogens (primary N) is 1. The van der Waals surface area contributed by atoms with E-state index in [0.29, 0.717) is 24.8 Å². The van der Waals surface area contributed by atoms with Crippen LogP contribution in [0.5, 0.6) is 0 Å². The molecule has 6 nitrogen and oxygen atoms in total. The number of anilines is 2. The fourth-order valence-electron chi connectivity index (χ4n) is 2.02. The lowest BCUT2D eigenvalue weighted by molar-refractivity contribution is -0.120. The van der Waals surface area contributed by atoms with Crippen molar-refractivity contribution in [3.63, 3.8) is 0 Å². The van der Waals surface area contributed by atoms with Crippen molar-refractivity contribution in [2.24, 2.45) is 0 Å². The SMILES string of the molecule is Cc1cc2c(NCCC(=O)NC3CC3)nc(N)nc2s1. The number of aryl methyl sites for hydroxylation is 1. The number of nitrogens with one attached hydrogen (secondary N) is 2. The Morgan fingerprint density at radius 1 is 1.50 bits per heavy atom. The van der Waals surface area contributed by atoms with Crippen molar-refractivity contribution in [1.82, 2.24) is 15.3 Å². The molecule has 0 radical (unpaired) electrons. The van der Waals surface area contributed by atoms with Crippen molar-refractivity contribution in [3.05, 3.63) is 10.9 Å². The van der Waals surface area contributed by atoms with E-state index in [1.165, 1.54) is 0 Å². The zero-order valence-corrected chi connectivity index (χ0v) is 12.1. The van der Waals surface area contributed by atoms with Gasteiger partial charge in [0.2, 0.25) is 11.9 Å². The third-order valence-corrected chi connectivity index (χ3v) is 4.06. The summed E-state index contributed by atoms with van der Waals surface area (Å²) in [6.07, 6.45) is 2.65. The van der Waals surface area contributed by atoms with Gasteiger partial charge in [0, 0.05) is 23.9 Å². The molecular weight excluding hydrogens is 274 g/mol. The van der Waals surface area contributed by atoms with E-state index in [1.54, 1.807) is 11.3 Å². The van der Waals surface area contributed by atoms with Gasteiger partial charge in [0.15, 0.2) is 0 Å². The first-order chi connectivity index (χ1) is 9.61. The topological polar surface area (TPSA) is 92.9 Å². The minimum atomic E-state index is 0.0831. The fraction of sp³-hybridized carbons (Fsp3) is 0.462. The molecule has 1 saturated carbocycles. The van der Waals surface area contributed by atoms with Crippen molar-refractivity contribution < 1.29 is 4.79 Å². The van der Waals surface area contributed by atoms with Crippen LogP contribution in [0.4, 0.5) is 11.8 Å². The van der Waals surface area contributed by atoms with E-state index in [2.05, 4.69) is 20.6 Å². The molecule has 1 fully saturated rings. The van der Waals surface area contributed by atoms with E-state index in [0.717, 1.165) is 27.9 Å². The lowest BCUT2D eigenvalue weighted by atomic mass is 10.3. The summed E-state index contributed by atoms with van der Waals surface area (Å²) in [6.45, 7) is 2.56. The number of rotatable bonds is 5. The number of hydrogen-bond donors (Lipinski definition) is 3. The number of fused-ring (bicyclic) bond motifs is 1. The Balaban J connectivity index is 1.65. The Hall–Kier alpha value is -1.89. The number of nitrogens with zero attached hydrogens (tertiary/aromatic N) is 2. The molecule has 4 N–H and O–H groups in total. The summed E-state index contributed by atoms with van der Waals surface area (Å²) in [5, 5.41) is 7.10. The summed E-state index contributed by atoms with van der Waals surface area (Å²) in [5.74, 6) is 1.04. The molecule has 3 rings (SSSR count). The van der Waals surface area contributed by atoms with Gasteiger partial charge in [-0.05, 0) is 25.8 Å². The van der Waals surface area contributed by atoms with Crippen LogP contribution in [0, 0.1) is 6.92 Å². The number of carbonyl (C=O) groups excluding carboxylic acids is 1. The summed E-state index contributed by atoms with van der Waals surface area (Å²) < 4.78 is 0. The molecule has 2 aromatic heterocycles. The number of thiophene rings is 1. The lowest BCUT2D eigenvalue weighted by Crippen LogP contribution is -2.27. The molecule has 0 bridgehead atoms. The minimum Gasteiger partial charge on any atom is -0.369 e. The Kier molecular flexibility index (Phi) is 3.43. The van der Waals surface area contributed by atoms with Crippen LogP contribution >= 0.6 is 11.3 Å². The number of amides is 1. The molecule has 0 saturated heterocycles. The summed E-state index contributed by atoms with van der Waals surface area (Å²) >= 11 is 1.59. The van der Waals surface area contributed by atoms with Gasteiger partial charge >= 0.3 is 0 Å². The number of carbonyl (C=O) groups is 1. The number of hydrogen-bond acceptors (Lipinski definition) is 6. The molecule has 106 valence electrons. The Bertz CT molecular complexity index is 649. The Morgan fingerprint density at radius 3 is 3.05 bits per heavy atom. The van der Waals surface area contributed by atoms with Gasteiger partial charge in [-0.3, -0.25) is 4.79 Å². The largest absolute Gasteiger partial charge is 0.369 e. The van der Waals surface area contributed by atoms with Crippen LogP contribution in [-0.2, 0) is 4.79 Å². The Morgan fingerprint density at radius 2 is 2.30 bits per heavy atom. The van der Waals surface area contributed by atoms with Crippen LogP contribution in [0.1, 0.15) is 24.1 Å². The van der Waals surface area contributed by atoms with Gasteiger partial charge < -0.3 is 16.4 Å². The second-order valence-corrected chi connectivity index (χ2v) is 6.26. The molecule has 20 heavy (non-hydrogen) atoms. The highest BCUT2D eigenvalue weighted by atomic mass is 32.1. The molecule has 7 heteroatoms. The van der Waals surface area contributed by atoms with Gasteiger partial charge in [-0.1, -0.05) is 0 Å². The van der Waals surface area contributed by atoms with Gasteiger partial charge in [0.1, 0.15) is 10.6 Å². The predicted molar refractivity (Wildman–Crippen MR) is 80.8 cm³/mol. The average Bonchev–Trinajstić information content (AvgIpc) is 3.09. The van der Waals surface area contributed by atoms with Crippen molar-refractivity contribution in [2.45, 2.75) is 32.2 Å². The Labute approximate surface area is 120 Å². The lowest BCUT2D eigenvalue weighted by Gasteiger charge is -2.07. The van der Waals surface area contributed by atoms with Crippen molar-refractivity contribution in [2.75, 3.05) is 17.6 Å². The summed E-state index contributed by atoms with van der Waals surface area (Å²) in [4.78, 5) is 22.1. The maximum Gasteiger partial charge on any atom is 0.223 e. The summed E-state index contributed by atoms with van der Waals surface area (Å²) in [5.41, 5.74) is 5.70. The third kappa shape index (κ3) is 2.98. The normalized spacial score (nSPS) is 14.4. The molecule has 1 amide bonds. The van der Waals surface area contributed by atoms with E-state index in [1.807, 2.05) is 13.0 Å². The van der Waals surface area contributed by atoms with Crippen LogP contribution in [-0.4, -0.2) is 28.5 Å². The molecule has 0 unspecified atom stereocenters. The van der Waals surface area contributed by atoms with Gasteiger partial charge in [0.05, 0.1) is 5.39 Å². The second-order valence-electron chi connectivity index (χ2n) is 5.02. The van der Waals surface area contributed by atoms with Crippen molar-refractivity contribution in [3.8, 4) is 0 Å². The van der Waals surface area contributed by atoms with E-state index >= 15 is 0 Å². The summed E-state index contributed by atoms with van der Waals surface area (Å²) in [6, 6.07) is 2.44. The van der Waals surface area contributed by atoms with Gasteiger partial charge in [0.25, 0.3) is 0 Å². The van der Waals surface area contributed by atoms with E-state index in [9.17, 15) is 4.79 Å². The first kappa shape index (κ1) is 13.1. The maximum atomic E-state index is 11.6. The zero-order chi connectivity index (χ0) is 14.1. The van der Waals surface area contributed by atoms with Crippen LogP contribution in [0.25, 0.3) is 10.2 Å². The van der Waals surface area contributed by atoms with E-state index < -0.39 is 0 Å². The van der Waals surface area contributed by atoms with E-state index in [-0.39, 0.29) is 11.9 Å². The van der Waals surface area contributed by atoms with Crippen LogP contribution < -0.4 is 16.4 Å². The van der Waals surface area contributed by atoms with Crippen LogP contribution in [0.3, 0.4) is 0 Å². The van der Waals surface area contributed by atoms with Crippen molar-refractivity contribution >= 4 is 39.2 Å². The minimum absolute atomic E-state index is 0.0831. The first-order valence-corrected chi connectivity index (χ1v) is 7.50. The summed E-state index contributed by atoms with van der Waals surface area (Å²) in [7, 11) is 0. The zero-order valence-electron chi connectivity index (χ0n) is 11.3. The van der Waals surface area contributed by atoms with Crippen LogP contribution in [0.2, 0.25) is 0 Å². The molecule has 2 heterocycles. The molecule has 0 spiro atoms. The predicted octanol–water partition coefficient (Wildman–Crippen LogP) is 1.66. The monoisotopic (exact) mass is 291 g/mol. The maximum absolute atomic E-state index is 11.6. The average molecular weight is 291 g/mol. The van der Waals surface area contributed by atoms with Crippen molar-refractivity contribution in [1.29, 1.82) is 0 Å². The highest BCUT2D eigenvalue weighted by Crippen LogP contribution is 2.28. The molecule has 0 aliphatic heterocycles. The van der Waals surface area contributed by atoms with Crippen LogP contribution in [0.15, 0.2) is 6.07 Å². The standard InChI is InChI=1S/C13H17N5OS/c1-7-6-9-11(17-13(14)18-12(9)20-7)15-5-4-10(19)16-8-2-3-8/h6,8H,2-5H2,1H3,(H,16,19)(H3,14,15,17,18). The number of nitrogen functional groups attached to an aromatic ring is 1. The second kappa shape index (κ2) is 5.24. The molecule has 2 aromatic rings. The van der Waals surface area contributed by atoms with Gasteiger partial charge in [-0.15, -0.1) is 11.3 Å². The molecule has 1 aliphatic rings. The molecular formula is C13H17N5OS. The quantitative estimate of drug-likeness (QED) is 0.779. The van der Waals surface area contributed by atoms with E-state index in [4.69, 9.17) is 5.73 Å². The highest BCUT2D eigenvalue weighted by Gasteiger charge is 2.22.